The van der Waals surface area contributed by atoms with Crippen LogP contribution in [0.3, 0.4) is 0 Å². The van der Waals surface area contributed by atoms with Crippen LogP contribution in [-0.4, -0.2) is 51.4 Å². The number of anilines is 1. The highest BCUT2D eigenvalue weighted by Crippen LogP contribution is 2.25. The largest absolute Gasteiger partial charge is 0.497 e. The maximum Gasteiger partial charge on any atom is 0.264 e. The zero-order valence-electron chi connectivity index (χ0n) is 20.9. The number of hydrogen-bond acceptors (Lipinski definition) is 5. The Hall–Kier alpha value is -3.56. The summed E-state index contributed by atoms with van der Waals surface area (Å²) in [5, 5.41) is 3.13. The molecule has 1 atom stereocenters. The van der Waals surface area contributed by atoms with Gasteiger partial charge < -0.3 is 15.0 Å². The van der Waals surface area contributed by atoms with Crippen LogP contribution in [0.25, 0.3) is 0 Å². The van der Waals surface area contributed by atoms with E-state index in [-0.39, 0.29) is 17.3 Å². The molecule has 0 heterocycles. The van der Waals surface area contributed by atoms with Gasteiger partial charge in [0.2, 0.25) is 11.8 Å². The molecule has 2 amide bonds. The maximum atomic E-state index is 13.7. The number of rotatable bonds is 11. The fourth-order valence-corrected chi connectivity index (χ4v) is 5.23. The smallest absolute Gasteiger partial charge is 0.264 e. The molecule has 0 saturated carbocycles. The molecule has 1 unspecified atom stereocenters. The molecule has 1 N–H and O–H groups in total. The number of likely N-dealkylation sites (N-methyl/N-ethyl adjacent to an activating group) is 1. The van der Waals surface area contributed by atoms with Crippen LogP contribution >= 0.6 is 11.6 Å². The van der Waals surface area contributed by atoms with Crippen LogP contribution in [-0.2, 0) is 26.2 Å². The maximum absolute atomic E-state index is 13.7. The molecular weight excluding hydrogens is 514 g/mol. The number of carbonyl (C=O) groups is 2. The summed E-state index contributed by atoms with van der Waals surface area (Å²) in [5.74, 6) is -0.213. The van der Waals surface area contributed by atoms with Crippen LogP contribution in [0.15, 0.2) is 83.8 Å². The first-order chi connectivity index (χ1) is 17.7. The molecule has 37 heavy (non-hydrogen) atoms. The minimum atomic E-state index is -4.13. The Balaban J connectivity index is 1.98. The molecule has 8 nitrogen and oxygen atoms in total. The Morgan fingerprint density at radius 3 is 2.16 bits per heavy atom. The molecular formula is C27H30ClN3O5S. The first kappa shape index (κ1) is 28.0. The molecule has 0 bridgehead atoms. The summed E-state index contributed by atoms with van der Waals surface area (Å²) >= 11 is 5.96. The van der Waals surface area contributed by atoms with Crippen molar-refractivity contribution in [3.05, 3.63) is 89.4 Å². The first-order valence-electron chi connectivity index (χ1n) is 11.7. The molecule has 0 aromatic heterocycles. The molecule has 10 heteroatoms. The van der Waals surface area contributed by atoms with Crippen LogP contribution in [0, 0.1) is 0 Å². The Labute approximate surface area is 222 Å². The Morgan fingerprint density at radius 1 is 0.973 bits per heavy atom. The van der Waals surface area contributed by atoms with E-state index in [1.54, 1.807) is 75.6 Å². The summed E-state index contributed by atoms with van der Waals surface area (Å²) in [7, 11) is -2.57. The van der Waals surface area contributed by atoms with E-state index in [4.69, 9.17) is 16.3 Å². The van der Waals surface area contributed by atoms with Gasteiger partial charge in [-0.05, 0) is 67.9 Å². The van der Waals surface area contributed by atoms with E-state index in [2.05, 4.69) is 5.32 Å². The lowest BCUT2D eigenvalue weighted by Gasteiger charge is -2.32. The van der Waals surface area contributed by atoms with Gasteiger partial charge in [0.25, 0.3) is 10.0 Å². The lowest BCUT2D eigenvalue weighted by atomic mass is 10.1. The van der Waals surface area contributed by atoms with Gasteiger partial charge in [-0.25, -0.2) is 8.42 Å². The molecule has 3 aromatic carbocycles. The summed E-state index contributed by atoms with van der Waals surface area (Å²) in [4.78, 5) is 27.8. The molecule has 3 aromatic rings. The molecule has 0 radical (unpaired) electrons. The molecule has 0 aliphatic heterocycles. The van der Waals surface area contributed by atoms with Crippen LogP contribution in [0.4, 0.5) is 5.69 Å². The Morgan fingerprint density at radius 2 is 1.59 bits per heavy atom. The lowest BCUT2D eigenvalue weighted by Crippen LogP contribution is -2.51. The standard InChI is InChI=1S/C27H30ClN3O5S/c1-4-29-27(33)20(2)30(18-21-10-14-24(36-3)15-11-21)26(32)19-31(23-8-6-5-7-9-23)37(34,35)25-16-12-22(28)13-17-25/h5-17,20H,4,18-19H2,1-3H3,(H,29,33). The topological polar surface area (TPSA) is 96.0 Å². The quantitative estimate of drug-likeness (QED) is 0.393. The number of para-hydroxylation sites is 1. The van der Waals surface area contributed by atoms with Crippen molar-refractivity contribution in [2.75, 3.05) is 24.5 Å². The van der Waals surface area contributed by atoms with Crippen molar-refractivity contribution in [2.45, 2.75) is 31.3 Å². The average molecular weight is 544 g/mol. The summed E-state index contributed by atoms with van der Waals surface area (Å²) in [6.07, 6.45) is 0. The molecule has 0 saturated heterocycles. The SMILES string of the molecule is CCNC(=O)C(C)N(Cc1ccc(OC)cc1)C(=O)CN(c1ccccc1)S(=O)(=O)c1ccc(Cl)cc1. The van der Waals surface area contributed by atoms with E-state index in [0.717, 1.165) is 9.87 Å². The van der Waals surface area contributed by atoms with Gasteiger partial charge in [0.05, 0.1) is 17.7 Å². The second kappa shape index (κ2) is 12.6. The van der Waals surface area contributed by atoms with Crippen molar-refractivity contribution < 1.29 is 22.7 Å². The van der Waals surface area contributed by atoms with Gasteiger partial charge in [-0.15, -0.1) is 0 Å². The van der Waals surface area contributed by atoms with E-state index in [1.165, 1.54) is 29.2 Å². The van der Waals surface area contributed by atoms with E-state index < -0.39 is 28.5 Å². The van der Waals surface area contributed by atoms with E-state index in [9.17, 15) is 18.0 Å². The van der Waals surface area contributed by atoms with E-state index in [0.29, 0.717) is 23.0 Å². The Bertz CT molecular complexity index is 1300. The summed E-state index contributed by atoms with van der Waals surface area (Å²) in [6.45, 7) is 3.40. The predicted octanol–water partition coefficient (Wildman–Crippen LogP) is 4.10. The normalized spacial score (nSPS) is 11.9. The fourth-order valence-electron chi connectivity index (χ4n) is 3.69. The molecule has 0 aliphatic carbocycles. The fraction of sp³-hybridized carbons (Fsp3) is 0.259. The van der Waals surface area contributed by atoms with Gasteiger partial charge in [0, 0.05) is 18.1 Å². The molecule has 0 spiro atoms. The Kier molecular flexibility index (Phi) is 9.54. The number of amides is 2. The molecule has 196 valence electrons. The average Bonchev–Trinajstić information content (AvgIpc) is 2.91. The van der Waals surface area contributed by atoms with E-state index in [1.807, 2.05) is 0 Å². The van der Waals surface area contributed by atoms with Gasteiger partial charge in [0.15, 0.2) is 0 Å². The highest BCUT2D eigenvalue weighted by molar-refractivity contribution is 7.92. The van der Waals surface area contributed by atoms with Crippen molar-refractivity contribution in [1.29, 1.82) is 0 Å². The van der Waals surface area contributed by atoms with Gasteiger partial charge >= 0.3 is 0 Å². The summed E-state index contributed by atoms with van der Waals surface area (Å²) in [6, 6.07) is 20.4. The molecule has 0 aliphatic rings. The second-order valence-corrected chi connectivity index (χ2v) is 10.5. The van der Waals surface area contributed by atoms with Crippen LogP contribution in [0.5, 0.6) is 5.75 Å². The van der Waals surface area contributed by atoms with Gasteiger partial charge in [-0.1, -0.05) is 41.9 Å². The summed E-state index contributed by atoms with van der Waals surface area (Å²) in [5.41, 5.74) is 1.08. The number of ether oxygens (including phenoxy) is 1. The van der Waals surface area contributed by atoms with Gasteiger partial charge in [0.1, 0.15) is 18.3 Å². The molecule has 3 rings (SSSR count). The number of halogens is 1. The number of methoxy groups -OCH3 is 1. The first-order valence-corrected chi connectivity index (χ1v) is 13.5. The van der Waals surface area contributed by atoms with Gasteiger partial charge in [-0.2, -0.15) is 0 Å². The zero-order valence-corrected chi connectivity index (χ0v) is 22.5. The van der Waals surface area contributed by atoms with Crippen LogP contribution < -0.4 is 14.4 Å². The van der Waals surface area contributed by atoms with Crippen molar-refractivity contribution in [2.24, 2.45) is 0 Å². The lowest BCUT2D eigenvalue weighted by molar-refractivity contribution is -0.139. The van der Waals surface area contributed by atoms with Crippen molar-refractivity contribution in [3.8, 4) is 5.75 Å². The molecule has 0 fully saturated rings. The van der Waals surface area contributed by atoms with Gasteiger partial charge in [-0.3, -0.25) is 13.9 Å². The zero-order chi connectivity index (χ0) is 27.0. The third kappa shape index (κ3) is 7.02. The number of benzene rings is 3. The van der Waals surface area contributed by atoms with Crippen molar-refractivity contribution in [3.63, 3.8) is 0 Å². The third-order valence-corrected chi connectivity index (χ3v) is 7.80. The second-order valence-electron chi connectivity index (χ2n) is 8.24. The summed E-state index contributed by atoms with van der Waals surface area (Å²) < 4.78 is 33.6. The van der Waals surface area contributed by atoms with Crippen molar-refractivity contribution >= 4 is 39.1 Å². The third-order valence-electron chi connectivity index (χ3n) is 5.75. The predicted molar refractivity (Wildman–Crippen MR) is 144 cm³/mol. The van der Waals surface area contributed by atoms with E-state index >= 15 is 0 Å². The highest BCUT2D eigenvalue weighted by atomic mass is 35.5. The van der Waals surface area contributed by atoms with Crippen LogP contribution in [0.1, 0.15) is 19.4 Å². The highest BCUT2D eigenvalue weighted by Gasteiger charge is 2.32. The number of sulfonamides is 1. The number of carbonyl (C=O) groups excluding carboxylic acids is 2. The number of nitrogens with one attached hydrogen (secondary N) is 1. The van der Waals surface area contributed by atoms with Crippen LogP contribution in [0.2, 0.25) is 5.02 Å². The monoisotopic (exact) mass is 543 g/mol. The number of nitrogens with zero attached hydrogens (tertiary/aromatic N) is 2. The van der Waals surface area contributed by atoms with Crippen molar-refractivity contribution in [1.82, 2.24) is 10.2 Å². The minimum Gasteiger partial charge on any atom is -0.497 e. The number of hydrogen-bond donors (Lipinski definition) is 1. The minimum absolute atomic E-state index is 0.00738.